The Morgan fingerprint density at radius 1 is 1.09 bits per heavy atom. The first kappa shape index (κ1) is 30.9. The average Bonchev–Trinajstić information content (AvgIpc) is 3.34. The van der Waals surface area contributed by atoms with Crippen LogP contribution in [0.3, 0.4) is 0 Å². The molecule has 0 bridgehead atoms. The zero-order valence-electron chi connectivity index (χ0n) is 22.7. The van der Waals surface area contributed by atoms with Crippen LogP contribution in [0.5, 0.6) is 11.5 Å². The Balaban J connectivity index is 1.64. The van der Waals surface area contributed by atoms with Crippen molar-refractivity contribution in [1.29, 1.82) is 10.8 Å². The molecule has 222 valence electrons. The lowest BCUT2D eigenvalue weighted by Gasteiger charge is -2.11. The van der Waals surface area contributed by atoms with Gasteiger partial charge in [0.05, 0.1) is 23.8 Å². The maximum Gasteiger partial charge on any atom is 0.252 e. The summed E-state index contributed by atoms with van der Waals surface area (Å²) in [7, 11) is 0. The number of Topliss-reactive ketones (excluding diaryl/α,β-unsaturated/α-hetero) is 1. The third-order valence-electron chi connectivity index (χ3n) is 6.31. The largest absolute Gasteiger partial charge is 0.485 e. The van der Waals surface area contributed by atoms with Gasteiger partial charge in [-0.05, 0) is 53.2 Å². The predicted molar refractivity (Wildman–Crippen MR) is 162 cm³/mol. The lowest BCUT2D eigenvalue weighted by atomic mass is 10.1. The highest BCUT2D eigenvalue weighted by molar-refractivity contribution is 6.31. The number of aromatic nitrogens is 1. The number of rotatable bonds is 13. The van der Waals surface area contributed by atoms with Gasteiger partial charge in [0.25, 0.3) is 5.91 Å². The second-order valence-electron chi connectivity index (χ2n) is 9.40. The third kappa shape index (κ3) is 7.63. The number of allylic oxidation sites excluding steroid dienone is 1. The minimum Gasteiger partial charge on any atom is -0.485 e. The molecule has 0 saturated heterocycles. The summed E-state index contributed by atoms with van der Waals surface area (Å²) in [5.41, 5.74) is 6.29. The number of ether oxygens (including phenoxy) is 2. The molecule has 12 nitrogen and oxygen atoms in total. The fourth-order valence-electron chi connectivity index (χ4n) is 4.27. The molecular weight excluding hydrogens is 578 g/mol. The van der Waals surface area contributed by atoms with Crippen molar-refractivity contribution in [2.45, 2.75) is 12.6 Å². The number of nitrogens with zero attached hydrogens (tertiary/aromatic N) is 1. The second-order valence-corrected chi connectivity index (χ2v) is 9.83. The van der Waals surface area contributed by atoms with Crippen LogP contribution in [0.1, 0.15) is 20.7 Å². The van der Waals surface area contributed by atoms with E-state index in [2.05, 4.69) is 5.32 Å². The van der Waals surface area contributed by atoms with E-state index >= 15 is 0 Å². The van der Waals surface area contributed by atoms with Gasteiger partial charge in [-0.2, -0.15) is 0 Å². The summed E-state index contributed by atoms with van der Waals surface area (Å²) >= 11 is 6.07. The van der Waals surface area contributed by atoms with E-state index in [0.717, 1.165) is 11.6 Å². The van der Waals surface area contributed by atoms with Gasteiger partial charge in [-0.3, -0.25) is 19.8 Å². The Hall–Kier alpha value is -5.04. The van der Waals surface area contributed by atoms with Crippen molar-refractivity contribution >= 4 is 63.0 Å². The van der Waals surface area contributed by atoms with Gasteiger partial charge in [0.2, 0.25) is 17.6 Å². The Bertz CT molecular complexity index is 1760. The molecule has 0 aliphatic carbocycles. The number of hydrogen-bond donors (Lipinski definition) is 6. The first-order valence-corrected chi connectivity index (χ1v) is 13.3. The molecule has 0 spiro atoms. The number of aliphatic hydroxyl groups excluding tert-OH is 2. The van der Waals surface area contributed by atoms with E-state index in [4.69, 9.17) is 42.7 Å². The van der Waals surface area contributed by atoms with Crippen molar-refractivity contribution < 1.29 is 34.1 Å². The van der Waals surface area contributed by atoms with Gasteiger partial charge in [-0.15, -0.1) is 0 Å². The highest BCUT2D eigenvalue weighted by Crippen LogP contribution is 2.30. The van der Waals surface area contributed by atoms with Crippen molar-refractivity contribution in [2.75, 3.05) is 19.8 Å². The fourth-order valence-corrected chi connectivity index (χ4v) is 4.45. The van der Waals surface area contributed by atoms with Crippen molar-refractivity contribution in [2.24, 2.45) is 5.73 Å². The summed E-state index contributed by atoms with van der Waals surface area (Å²) in [6, 6.07) is 12.9. The maximum absolute atomic E-state index is 13.4. The van der Waals surface area contributed by atoms with E-state index in [1.807, 2.05) is 0 Å². The van der Waals surface area contributed by atoms with Crippen LogP contribution in [0.25, 0.3) is 21.7 Å². The molecular formula is C30H28ClN5O7. The van der Waals surface area contributed by atoms with E-state index < -0.39 is 36.9 Å². The molecule has 0 saturated carbocycles. The van der Waals surface area contributed by atoms with Crippen LogP contribution in [0.2, 0.25) is 5.02 Å². The first-order chi connectivity index (χ1) is 20.6. The highest BCUT2D eigenvalue weighted by Gasteiger charge is 2.20. The number of hydrogen-bond acceptors (Lipinski definition) is 9. The SMILES string of the molecule is N=C/C=C\C(=N)Oc1ccc2c(C(=O)COc3cc4ccc(Cl)cc4cc3C(N)=O)cn(CC(=O)NCC(O)CO)c2c1. The van der Waals surface area contributed by atoms with Crippen LogP contribution in [0.15, 0.2) is 66.9 Å². The zero-order valence-corrected chi connectivity index (χ0v) is 23.4. The summed E-state index contributed by atoms with van der Waals surface area (Å²) in [6.45, 7) is -1.38. The summed E-state index contributed by atoms with van der Waals surface area (Å²) in [4.78, 5) is 38.2. The van der Waals surface area contributed by atoms with Gasteiger partial charge in [-0.25, -0.2) is 0 Å². The van der Waals surface area contributed by atoms with Crippen molar-refractivity contribution in [1.82, 2.24) is 9.88 Å². The van der Waals surface area contributed by atoms with Crippen molar-refractivity contribution in [3.63, 3.8) is 0 Å². The molecule has 0 fully saturated rings. The third-order valence-corrected chi connectivity index (χ3v) is 6.55. The molecule has 0 aliphatic heterocycles. The molecule has 7 N–H and O–H groups in total. The predicted octanol–water partition coefficient (Wildman–Crippen LogP) is 2.84. The molecule has 1 aromatic heterocycles. The number of nitrogens with one attached hydrogen (secondary N) is 3. The summed E-state index contributed by atoms with van der Waals surface area (Å²) in [5.74, 6) is -1.55. The molecule has 4 aromatic rings. The molecule has 13 heteroatoms. The second kappa shape index (κ2) is 13.7. The number of carbonyl (C=O) groups is 3. The number of benzene rings is 3. The molecule has 4 rings (SSSR count). The molecule has 1 unspecified atom stereocenters. The Morgan fingerprint density at radius 2 is 1.88 bits per heavy atom. The fraction of sp³-hybridized carbons (Fsp3) is 0.167. The number of amides is 2. The van der Waals surface area contributed by atoms with Crippen molar-refractivity contribution in [3.8, 4) is 11.5 Å². The van der Waals surface area contributed by atoms with Gasteiger partial charge >= 0.3 is 0 Å². The van der Waals surface area contributed by atoms with Crippen LogP contribution in [0.4, 0.5) is 0 Å². The van der Waals surface area contributed by atoms with Crippen LogP contribution in [-0.2, 0) is 11.3 Å². The number of halogens is 1. The number of carbonyl (C=O) groups excluding carboxylic acids is 3. The molecule has 0 radical (unpaired) electrons. The van der Waals surface area contributed by atoms with E-state index in [1.54, 1.807) is 42.5 Å². The Morgan fingerprint density at radius 3 is 2.60 bits per heavy atom. The van der Waals surface area contributed by atoms with Gasteiger partial charge in [0.15, 0.2) is 6.61 Å². The minimum atomic E-state index is -1.13. The molecule has 1 atom stereocenters. The number of aliphatic hydroxyl groups is 2. The van der Waals surface area contributed by atoms with Crippen LogP contribution >= 0.6 is 11.6 Å². The van der Waals surface area contributed by atoms with Gasteiger partial charge < -0.3 is 40.7 Å². The smallest absolute Gasteiger partial charge is 0.252 e. The number of fused-ring (bicyclic) bond motifs is 2. The summed E-state index contributed by atoms with van der Waals surface area (Å²) in [6.07, 6.45) is 3.94. The zero-order chi connectivity index (χ0) is 31.1. The number of primary amides is 1. The number of nitrogens with two attached hydrogens (primary N) is 1. The first-order valence-electron chi connectivity index (χ1n) is 12.9. The van der Waals surface area contributed by atoms with Gasteiger partial charge in [0, 0.05) is 47.1 Å². The van der Waals surface area contributed by atoms with E-state index in [-0.39, 0.29) is 41.6 Å². The maximum atomic E-state index is 13.4. The topological polar surface area (TPSA) is 201 Å². The van der Waals surface area contributed by atoms with Crippen molar-refractivity contribution in [3.05, 3.63) is 83.0 Å². The van der Waals surface area contributed by atoms with Gasteiger partial charge in [-0.1, -0.05) is 17.7 Å². The lowest BCUT2D eigenvalue weighted by Crippen LogP contribution is -2.35. The lowest BCUT2D eigenvalue weighted by molar-refractivity contribution is -0.122. The Kier molecular flexibility index (Phi) is 9.88. The van der Waals surface area contributed by atoms with Crippen LogP contribution in [-0.4, -0.2) is 70.4 Å². The monoisotopic (exact) mass is 605 g/mol. The molecule has 3 aromatic carbocycles. The molecule has 0 aliphatic rings. The summed E-state index contributed by atoms with van der Waals surface area (Å²) in [5, 5.41) is 38.4. The van der Waals surface area contributed by atoms with E-state index in [1.165, 1.54) is 29.0 Å². The van der Waals surface area contributed by atoms with Crippen LogP contribution in [0, 0.1) is 10.8 Å². The molecule has 43 heavy (non-hydrogen) atoms. The average molecular weight is 606 g/mol. The Labute approximate surface area is 250 Å². The standard InChI is InChI=1S/C30H28ClN5O7/c31-19-4-3-17-10-27(23(30(34)41)9-18(17)8-19)42-16-26(39)24-13-36(14-29(40)35-12-20(38)15-37)25-11-21(5-6-22(24)25)43-28(33)2-1-7-32/h1-11,13,20,32-33,37-38H,12,14-16H2,(H2,34,41)(H,35,40)/b2-1-,32-7?,33-28?. The quantitative estimate of drug-likeness (QED) is 0.0763. The van der Waals surface area contributed by atoms with Gasteiger partial charge in [0.1, 0.15) is 18.0 Å². The minimum absolute atomic E-state index is 0.0769. The number of ketones is 1. The summed E-state index contributed by atoms with van der Waals surface area (Å²) < 4.78 is 12.8. The molecule has 1 heterocycles. The molecule has 2 amide bonds. The van der Waals surface area contributed by atoms with E-state index in [0.29, 0.717) is 21.3 Å². The highest BCUT2D eigenvalue weighted by atomic mass is 35.5. The van der Waals surface area contributed by atoms with E-state index in [9.17, 15) is 19.5 Å². The van der Waals surface area contributed by atoms with Crippen LogP contribution < -0.4 is 20.5 Å². The normalized spacial score (nSPS) is 11.9.